The van der Waals surface area contributed by atoms with Crippen molar-refractivity contribution >= 4 is 11.9 Å². The molecule has 0 spiro atoms. The molecule has 1 saturated heterocycles. The minimum absolute atomic E-state index is 0.150. The van der Waals surface area contributed by atoms with E-state index >= 15 is 0 Å². The summed E-state index contributed by atoms with van der Waals surface area (Å²) in [4.78, 5) is 21.1. The van der Waals surface area contributed by atoms with Gasteiger partial charge in [-0.2, -0.15) is 0 Å². The van der Waals surface area contributed by atoms with Crippen LogP contribution in [0.1, 0.15) is 26.7 Å². The molecule has 80 valence electrons. The van der Waals surface area contributed by atoms with Gasteiger partial charge >= 0.3 is 11.9 Å². The molecule has 2 atom stereocenters. The third-order valence-corrected chi connectivity index (χ3v) is 1.84. The lowest BCUT2D eigenvalue weighted by molar-refractivity contribution is -0.177. The van der Waals surface area contributed by atoms with Crippen LogP contribution in [0.25, 0.3) is 0 Å². The Labute approximate surface area is 82.3 Å². The lowest BCUT2D eigenvalue weighted by Gasteiger charge is -2.12. The van der Waals surface area contributed by atoms with Crippen LogP contribution < -0.4 is 0 Å². The van der Waals surface area contributed by atoms with Crippen molar-refractivity contribution in [3.05, 3.63) is 0 Å². The van der Waals surface area contributed by atoms with Crippen LogP contribution in [0.15, 0.2) is 0 Å². The minimum Gasteiger partial charge on any atom is -0.463 e. The highest BCUT2D eigenvalue weighted by molar-refractivity contribution is 5.66. The van der Waals surface area contributed by atoms with Gasteiger partial charge in [0, 0.05) is 20.3 Å². The number of rotatable bonds is 3. The maximum absolute atomic E-state index is 10.6. The first-order valence-electron chi connectivity index (χ1n) is 4.54. The van der Waals surface area contributed by atoms with Gasteiger partial charge in [-0.15, -0.1) is 0 Å². The molecule has 14 heavy (non-hydrogen) atoms. The van der Waals surface area contributed by atoms with Gasteiger partial charge in [-0.05, 0) is 6.42 Å². The number of carbonyl (C=O) groups is 2. The molecule has 0 N–H and O–H groups in total. The van der Waals surface area contributed by atoms with Crippen molar-refractivity contribution in [1.29, 1.82) is 0 Å². The van der Waals surface area contributed by atoms with Gasteiger partial charge in [-0.1, -0.05) is 0 Å². The first kappa shape index (κ1) is 11.0. The summed E-state index contributed by atoms with van der Waals surface area (Å²) in [6, 6.07) is 0. The summed E-state index contributed by atoms with van der Waals surface area (Å²) in [5, 5.41) is 0. The lowest BCUT2D eigenvalue weighted by atomic mass is 10.2. The van der Waals surface area contributed by atoms with Gasteiger partial charge in [-0.3, -0.25) is 9.59 Å². The van der Waals surface area contributed by atoms with Crippen molar-refractivity contribution < 1.29 is 23.8 Å². The monoisotopic (exact) mass is 202 g/mol. The molecule has 5 nitrogen and oxygen atoms in total. The summed E-state index contributed by atoms with van der Waals surface area (Å²) in [5.41, 5.74) is 0. The third-order valence-electron chi connectivity index (χ3n) is 1.84. The Morgan fingerprint density at radius 3 is 2.57 bits per heavy atom. The minimum atomic E-state index is -0.479. The van der Waals surface area contributed by atoms with E-state index in [1.807, 2.05) is 0 Å². The highest BCUT2D eigenvalue weighted by atomic mass is 16.7. The average Bonchev–Trinajstić information content (AvgIpc) is 2.47. The number of esters is 2. The Kier molecular flexibility index (Phi) is 3.88. The van der Waals surface area contributed by atoms with E-state index in [1.165, 1.54) is 13.8 Å². The zero-order chi connectivity index (χ0) is 10.6. The quantitative estimate of drug-likeness (QED) is 0.628. The van der Waals surface area contributed by atoms with Gasteiger partial charge in [0.25, 0.3) is 0 Å². The van der Waals surface area contributed by atoms with Crippen molar-refractivity contribution in [3.8, 4) is 0 Å². The first-order valence-corrected chi connectivity index (χ1v) is 4.54. The Balaban J connectivity index is 2.20. The van der Waals surface area contributed by atoms with Crippen LogP contribution in [0.3, 0.4) is 0 Å². The van der Waals surface area contributed by atoms with Crippen LogP contribution in [-0.4, -0.2) is 30.9 Å². The van der Waals surface area contributed by atoms with Gasteiger partial charge in [0.05, 0.1) is 6.10 Å². The highest BCUT2D eigenvalue weighted by Gasteiger charge is 2.27. The molecular weight excluding hydrogens is 188 g/mol. The van der Waals surface area contributed by atoms with Crippen LogP contribution >= 0.6 is 0 Å². The molecule has 0 aromatic heterocycles. The molecule has 0 aromatic rings. The standard InChI is InChI=1S/C9H14O5/c1-6(10)12-5-8-3-4-9(14-8)13-7(2)11/h8-9H,3-5H2,1-2H3/t8?,9-/m1/s1. The SMILES string of the molecule is CC(=O)OCC1CC[C@H](OC(C)=O)O1. The van der Waals surface area contributed by atoms with E-state index in [0.29, 0.717) is 6.42 Å². The predicted octanol–water partition coefficient (Wildman–Crippen LogP) is 0.618. The van der Waals surface area contributed by atoms with Gasteiger partial charge in [0.1, 0.15) is 6.61 Å². The fourth-order valence-electron chi connectivity index (χ4n) is 1.28. The van der Waals surface area contributed by atoms with E-state index in [0.717, 1.165) is 6.42 Å². The predicted molar refractivity (Wildman–Crippen MR) is 46.3 cm³/mol. The topological polar surface area (TPSA) is 61.8 Å². The average molecular weight is 202 g/mol. The first-order chi connectivity index (χ1) is 6.58. The summed E-state index contributed by atoms with van der Waals surface area (Å²) < 4.78 is 14.9. The van der Waals surface area contributed by atoms with Gasteiger partial charge in [0.2, 0.25) is 6.29 Å². The van der Waals surface area contributed by atoms with E-state index in [-0.39, 0.29) is 24.6 Å². The maximum atomic E-state index is 10.6. The third kappa shape index (κ3) is 3.74. The molecule has 0 aliphatic carbocycles. The van der Waals surface area contributed by atoms with E-state index in [4.69, 9.17) is 14.2 Å². The van der Waals surface area contributed by atoms with Gasteiger partial charge in [-0.25, -0.2) is 0 Å². The highest BCUT2D eigenvalue weighted by Crippen LogP contribution is 2.20. The Morgan fingerprint density at radius 1 is 1.29 bits per heavy atom. The van der Waals surface area contributed by atoms with Gasteiger partial charge < -0.3 is 14.2 Å². The van der Waals surface area contributed by atoms with Crippen molar-refractivity contribution in [2.75, 3.05) is 6.61 Å². The largest absolute Gasteiger partial charge is 0.463 e. The number of hydrogen-bond acceptors (Lipinski definition) is 5. The van der Waals surface area contributed by atoms with E-state index < -0.39 is 6.29 Å². The van der Waals surface area contributed by atoms with Crippen LogP contribution in [0.2, 0.25) is 0 Å². The van der Waals surface area contributed by atoms with Crippen LogP contribution in [-0.2, 0) is 23.8 Å². The fourth-order valence-corrected chi connectivity index (χ4v) is 1.28. The Morgan fingerprint density at radius 2 is 2.00 bits per heavy atom. The second-order valence-electron chi connectivity index (χ2n) is 3.18. The Bertz CT molecular complexity index is 225. The van der Waals surface area contributed by atoms with Crippen molar-refractivity contribution in [3.63, 3.8) is 0 Å². The lowest BCUT2D eigenvalue weighted by Crippen LogP contribution is -2.21. The second kappa shape index (κ2) is 4.95. The molecule has 0 amide bonds. The molecule has 1 unspecified atom stereocenters. The molecule has 1 aliphatic heterocycles. The molecule has 1 aliphatic rings. The summed E-state index contributed by atoms with van der Waals surface area (Å²) >= 11 is 0. The van der Waals surface area contributed by atoms with Crippen molar-refractivity contribution in [2.45, 2.75) is 39.1 Å². The maximum Gasteiger partial charge on any atom is 0.304 e. The Hall–Kier alpha value is -1.10. The molecule has 1 fully saturated rings. The zero-order valence-electron chi connectivity index (χ0n) is 8.32. The van der Waals surface area contributed by atoms with Crippen LogP contribution in [0, 0.1) is 0 Å². The molecule has 1 rings (SSSR count). The van der Waals surface area contributed by atoms with E-state index in [1.54, 1.807) is 0 Å². The number of ether oxygens (including phenoxy) is 3. The molecular formula is C9H14O5. The summed E-state index contributed by atoms with van der Waals surface area (Å²) in [6.45, 7) is 2.91. The van der Waals surface area contributed by atoms with E-state index in [9.17, 15) is 9.59 Å². The zero-order valence-corrected chi connectivity index (χ0v) is 8.32. The van der Waals surface area contributed by atoms with Crippen molar-refractivity contribution in [2.24, 2.45) is 0 Å². The molecule has 1 heterocycles. The number of carbonyl (C=O) groups excluding carboxylic acids is 2. The van der Waals surface area contributed by atoms with Crippen molar-refractivity contribution in [1.82, 2.24) is 0 Å². The summed E-state index contributed by atoms with van der Waals surface area (Å²) in [7, 11) is 0. The van der Waals surface area contributed by atoms with Crippen LogP contribution in [0.5, 0.6) is 0 Å². The molecule has 5 heteroatoms. The fraction of sp³-hybridized carbons (Fsp3) is 0.778. The molecule has 0 bridgehead atoms. The molecule has 0 radical (unpaired) electrons. The smallest absolute Gasteiger partial charge is 0.304 e. The normalized spacial score (nSPS) is 25.9. The molecule has 0 saturated carbocycles. The van der Waals surface area contributed by atoms with E-state index in [2.05, 4.69) is 0 Å². The van der Waals surface area contributed by atoms with Gasteiger partial charge in [0.15, 0.2) is 0 Å². The number of hydrogen-bond donors (Lipinski definition) is 0. The molecule has 0 aromatic carbocycles. The van der Waals surface area contributed by atoms with Crippen LogP contribution in [0.4, 0.5) is 0 Å². The summed E-state index contributed by atoms with van der Waals surface area (Å²) in [5.74, 6) is -0.687. The second-order valence-corrected chi connectivity index (χ2v) is 3.18. The summed E-state index contributed by atoms with van der Waals surface area (Å²) in [6.07, 6.45) is 0.771.